The lowest BCUT2D eigenvalue weighted by Gasteiger charge is -2.10. The van der Waals surface area contributed by atoms with Gasteiger partial charge in [0.2, 0.25) is 0 Å². The van der Waals surface area contributed by atoms with Crippen LogP contribution in [0, 0.1) is 0 Å². The molecule has 1 aromatic carbocycles. The molecule has 0 aliphatic rings. The first-order valence-corrected chi connectivity index (χ1v) is 8.73. The van der Waals surface area contributed by atoms with E-state index in [1.807, 2.05) is 0 Å². The highest BCUT2D eigenvalue weighted by Gasteiger charge is 2.07. The number of hydrogen-bond donors (Lipinski definition) is 0. The molecule has 72 valence electrons. The minimum atomic E-state index is -0.708. The van der Waals surface area contributed by atoms with Crippen molar-refractivity contribution < 1.29 is 0 Å². The Kier molecular flexibility index (Phi) is 2.84. The third-order valence-corrected chi connectivity index (χ3v) is 4.85. The van der Waals surface area contributed by atoms with Crippen molar-refractivity contribution in [2.45, 2.75) is 13.1 Å². The second-order valence-corrected chi connectivity index (χ2v) is 7.47. The Morgan fingerprint density at radius 2 is 1.86 bits per heavy atom. The van der Waals surface area contributed by atoms with Gasteiger partial charge in [-0.1, -0.05) is 42.5 Å². The van der Waals surface area contributed by atoms with Gasteiger partial charge in [-0.15, -0.1) is 0 Å². The summed E-state index contributed by atoms with van der Waals surface area (Å²) in [6.07, 6.45) is 0. The maximum Gasteiger partial charge on any atom is 0.0655 e. The van der Waals surface area contributed by atoms with Crippen LogP contribution in [0.25, 0.3) is 11.1 Å². The Balaban J connectivity index is 2.53. The van der Waals surface area contributed by atoms with E-state index in [9.17, 15) is 0 Å². The van der Waals surface area contributed by atoms with Crippen molar-refractivity contribution >= 4 is 25.3 Å². The molecule has 1 aromatic heterocycles. The van der Waals surface area contributed by atoms with E-state index in [-0.39, 0.29) is 0 Å². The van der Waals surface area contributed by atoms with E-state index < -0.39 is 8.80 Å². The van der Waals surface area contributed by atoms with E-state index in [1.165, 1.54) is 11.1 Å². The Morgan fingerprint density at radius 3 is 2.50 bits per heavy atom. The van der Waals surface area contributed by atoms with Crippen LogP contribution in [0.15, 0.2) is 41.1 Å². The zero-order valence-corrected chi connectivity index (χ0v) is 10.5. The molecule has 0 atom stereocenters. The van der Waals surface area contributed by atoms with Crippen molar-refractivity contribution in [1.29, 1.82) is 0 Å². The Bertz CT molecular complexity index is 404. The summed E-state index contributed by atoms with van der Waals surface area (Å²) in [4.78, 5) is 0. The summed E-state index contributed by atoms with van der Waals surface area (Å²) in [7, 11) is -0.708. The van der Waals surface area contributed by atoms with Crippen LogP contribution in [0.4, 0.5) is 0 Å². The van der Waals surface area contributed by atoms with Gasteiger partial charge in [0, 0.05) is 0 Å². The van der Waals surface area contributed by atoms with E-state index in [0.717, 1.165) is 0 Å². The summed E-state index contributed by atoms with van der Waals surface area (Å²) < 4.78 is 0. The molecule has 0 nitrogen and oxygen atoms in total. The van der Waals surface area contributed by atoms with Gasteiger partial charge in [0.15, 0.2) is 0 Å². The SMILES string of the molecule is C[SiH](C)c1ccccc1-c1ccsc1. The summed E-state index contributed by atoms with van der Waals surface area (Å²) in [6.45, 7) is 4.76. The maximum absolute atomic E-state index is 2.38. The quantitative estimate of drug-likeness (QED) is 0.680. The summed E-state index contributed by atoms with van der Waals surface area (Å²) >= 11 is 1.77. The molecule has 0 saturated heterocycles. The predicted octanol–water partition coefficient (Wildman–Crippen LogP) is 3.11. The van der Waals surface area contributed by atoms with Crippen LogP contribution in [0.2, 0.25) is 13.1 Å². The van der Waals surface area contributed by atoms with Gasteiger partial charge in [0.25, 0.3) is 0 Å². The fraction of sp³-hybridized carbons (Fsp3) is 0.167. The number of hydrogen-bond acceptors (Lipinski definition) is 1. The van der Waals surface area contributed by atoms with E-state index in [2.05, 4.69) is 54.2 Å². The molecule has 0 aliphatic carbocycles. The third kappa shape index (κ3) is 1.81. The first-order chi connectivity index (χ1) is 6.79. The van der Waals surface area contributed by atoms with Gasteiger partial charge < -0.3 is 0 Å². The zero-order chi connectivity index (χ0) is 9.97. The van der Waals surface area contributed by atoms with Crippen molar-refractivity contribution in [3.8, 4) is 11.1 Å². The lowest BCUT2D eigenvalue weighted by molar-refractivity contribution is 1.70. The molecule has 0 amide bonds. The molecule has 0 fully saturated rings. The molecule has 2 aromatic rings. The second kappa shape index (κ2) is 4.11. The maximum atomic E-state index is 2.38. The molecule has 0 aliphatic heterocycles. The van der Waals surface area contributed by atoms with E-state index in [4.69, 9.17) is 0 Å². The Morgan fingerprint density at radius 1 is 1.07 bits per heavy atom. The van der Waals surface area contributed by atoms with Crippen LogP contribution in [-0.4, -0.2) is 8.80 Å². The van der Waals surface area contributed by atoms with E-state index in [0.29, 0.717) is 0 Å². The highest BCUT2D eigenvalue weighted by Crippen LogP contribution is 2.20. The fourth-order valence-corrected chi connectivity index (χ4v) is 3.72. The monoisotopic (exact) mass is 218 g/mol. The van der Waals surface area contributed by atoms with Crippen LogP contribution in [0.5, 0.6) is 0 Å². The summed E-state index contributed by atoms with van der Waals surface area (Å²) in [6, 6.07) is 11.0. The molecular formula is C12H14SSi. The van der Waals surface area contributed by atoms with Crippen LogP contribution in [0.3, 0.4) is 0 Å². The molecule has 0 spiro atoms. The molecule has 0 N–H and O–H groups in total. The molecule has 2 heteroatoms. The fourth-order valence-electron chi connectivity index (χ4n) is 1.68. The standard InChI is InChI=1S/C12H14SSi/c1-14(2)12-6-4-3-5-11(12)10-7-8-13-9-10/h3-9,14H,1-2H3. The normalized spacial score (nSPS) is 10.8. The highest BCUT2D eigenvalue weighted by atomic mass is 32.1. The van der Waals surface area contributed by atoms with Crippen molar-refractivity contribution in [3.63, 3.8) is 0 Å². The van der Waals surface area contributed by atoms with Gasteiger partial charge >= 0.3 is 0 Å². The molecule has 14 heavy (non-hydrogen) atoms. The third-order valence-electron chi connectivity index (χ3n) is 2.41. The molecule has 0 unspecified atom stereocenters. The van der Waals surface area contributed by atoms with Crippen molar-refractivity contribution in [2.24, 2.45) is 0 Å². The second-order valence-electron chi connectivity index (χ2n) is 3.75. The first kappa shape index (κ1) is 9.68. The van der Waals surface area contributed by atoms with Crippen LogP contribution in [-0.2, 0) is 0 Å². The van der Waals surface area contributed by atoms with Gasteiger partial charge in [0.05, 0.1) is 8.80 Å². The Hall–Kier alpha value is -0.863. The molecule has 0 saturated carbocycles. The van der Waals surface area contributed by atoms with Crippen molar-refractivity contribution in [2.75, 3.05) is 0 Å². The van der Waals surface area contributed by atoms with Crippen molar-refractivity contribution in [3.05, 3.63) is 41.1 Å². The Labute approximate surface area is 90.8 Å². The van der Waals surface area contributed by atoms with E-state index >= 15 is 0 Å². The summed E-state index contributed by atoms with van der Waals surface area (Å²) in [5.41, 5.74) is 2.82. The molecular weight excluding hydrogens is 204 g/mol. The van der Waals surface area contributed by atoms with Crippen LogP contribution >= 0.6 is 11.3 Å². The average molecular weight is 218 g/mol. The van der Waals surface area contributed by atoms with Gasteiger partial charge in [-0.25, -0.2) is 0 Å². The number of benzene rings is 1. The highest BCUT2D eigenvalue weighted by molar-refractivity contribution is 7.08. The molecule has 2 rings (SSSR count). The summed E-state index contributed by atoms with van der Waals surface area (Å²) in [5, 5.41) is 5.95. The molecule has 0 bridgehead atoms. The van der Waals surface area contributed by atoms with Gasteiger partial charge in [-0.3, -0.25) is 0 Å². The lowest BCUT2D eigenvalue weighted by Crippen LogP contribution is -2.24. The zero-order valence-electron chi connectivity index (χ0n) is 8.53. The number of thiophene rings is 1. The van der Waals surface area contributed by atoms with Crippen molar-refractivity contribution in [1.82, 2.24) is 0 Å². The topological polar surface area (TPSA) is 0 Å². The lowest BCUT2D eigenvalue weighted by atomic mass is 10.1. The van der Waals surface area contributed by atoms with Crippen LogP contribution in [0.1, 0.15) is 0 Å². The molecule has 0 radical (unpaired) electrons. The van der Waals surface area contributed by atoms with E-state index in [1.54, 1.807) is 16.5 Å². The van der Waals surface area contributed by atoms with Gasteiger partial charge in [-0.05, 0) is 28.0 Å². The summed E-state index contributed by atoms with van der Waals surface area (Å²) in [5.74, 6) is 0. The molecule has 1 heterocycles. The minimum Gasteiger partial charge on any atom is -0.152 e. The van der Waals surface area contributed by atoms with Crippen LogP contribution < -0.4 is 5.19 Å². The smallest absolute Gasteiger partial charge is 0.0655 e. The predicted molar refractivity (Wildman–Crippen MR) is 68.3 cm³/mol. The average Bonchev–Trinajstić information content (AvgIpc) is 2.70. The number of rotatable bonds is 2. The minimum absolute atomic E-state index is 0.708. The largest absolute Gasteiger partial charge is 0.152 e. The van der Waals surface area contributed by atoms with Gasteiger partial charge in [0.1, 0.15) is 0 Å². The first-order valence-electron chi connectivity index (χ1n) is 4.90. The van der Waals surface area contributed by atoms with Gasteiger partial charge in [-0.2, -0.15) is 11.3 Å².